The van der Waals surface area contributed by atoms with Crippen LogP contribution in [0.4, 0.5) is 0 Å². The molecule has 0 aromatic carbocycles. The molecule has 1 saturated heterocycles. The molecule has 0 bridgehead atoms. The standard InChI is InChI=1S/C8H11NO4/c1-4(9)5-2-6(11)7(3-10)13-8(5)12/h7,10H,2-3,9H2,1H3/b5-4-. The summed E-state index contributed by atoms with van der Waals surface area (Å²) in [6, 6.07) is 0. The number of esters is 1. The lowest BCUT2D eigenvalue weighted by Crippen LogP contribution is -2.37. The first-order valence-corrected chi connectivity index (χ1v) is 3.86. The predicted octanol–water partition coefficient (Wildman–Crippen LogP) is -0.904. The van der Waals surface area contributed by atoms with Crippen molar-refractivity contribution >= 4 is 11.8 Å². The van der Waals surface area contributed by atoms with Gasteiger partial charge in [0.1, 0.15) is 0 Å². The summed E-state index contributed by atoms with van der Waals surface area (Å²) in [7, 11) is 0. The molecule has 0 saturated carbocycles. The second-order valence-electron chi connectivity index (χ2n) is 2.88. The number of aliphatic hydroxyl groups is 1. The van der Waals surface area contributed by atoms with Crippen LogP contribution in [0.5, 0.6) is 0 Å². The molecule has 0 aromatic rings. The van der Waals surface area contributed by atoms with E-state index in [9.17, 15) is 9.59 Å². The highest BCUT2D eigenvalue weighted by atomic mass is 16.6. The molecule has 3 N–H and O–H groups in total. The van der Waals surface area contributed by atoms with Crippen molar-refractivity contribution in [2.45, 2.75) is 19.4 Å². The third-order valence-corrected chi connectivity index (χ3v) is 1.85. The first-order chi connectivity index (χ1) is 6.06. The van der Waals surface area contributed by atoms with Crippen LogP contribution < -0.4 is 5.73 Å². The molecule has 1 atom stereocenters. The molecule has 72 valence electrons. The van der Waals surface area contributed by atoms with Gasteiger partial charge in [-0.15, -0.1) is 0 Å². The van der Waals surface area contributed by atoms with Gasteiger partial charge in [-0.1, -0.05) is 0 Å². The number of ketones is 1. The van der Waals surface area contributed by atoms with Crippen LogP contribution in [-0.2, 0) is 14.3 Å². The molecule has 0 aliphatic carbocycles. The van der Waals surface area contributed by atoms with Crippen molar-refractivity contribution in [3.8, 4) is 0 Å². The summed E-state index contributed by atoms with van der Waals surface area (Å²) in [5, 5.41) is 8.66. The zero-order chi connectivity index (χ0) is 10.0. The zero-order valence-corrected chi connectivity index (χ0v) is 7.24. The fraction of sp³-hybridized carbons (Fsp3) is 0.500. The van der Waals surface area contributed by atoms with Crippen molar-refractivity contribution in [3.05, 3.63) is 11.3 Å². The summed E-state index contributed by atoms with van der Waals surface area (Å²) in [6.45, 7) is 1.06. The van der Waals surface area contributed by atoms with Gasteiger partial charge in [-0.05, 0) is 6.92 Å². The molecule has 13 heavy (non-hydrogen) atoms. The Bertz CT molecular complexity index is 278. The number of allylic oxidation sites excluding steroid dienone is 1. The van der Waals surface area contributed by atoms with Crippen molar-refractivity contribution in [1.82, 2.24) is 0 Å². The second-order valence-corrected chi connectivity index (χ2v) is 2.88. The van der Waals surface area contributed by atoms with Crippen molar-refractivity contribution in [3.63, 3.8) is 0 Å². The van der Waals surface area contributed by atoms with Crippen LogP contribution in [0, 0.1) is 0 Å². The van der Waals surface area contributed by atoms with Crippen molar-refractivity contribution in [2.75, 3.05) is 6.61 Å². The Morgan fingerprint density at radius 3 is 2.77 bits per heavy atom. The smallest absolute Gasteiger partial charge is 0.337 e. The average Bonchev–Trinajstić information content (AvgIpc) is 2.07. The van der Waals surface area contributed by atoms with Gasteiger partial charge in [0.25, 0.3) is 0 Å². The molecule has 1 aliphatic rings. The van der Waals surface area contributed by atoms with Gasteiger partial charge in [0, 0.05) is 12.1 Å². The Balaban J connectivity index is 2.86. The summed E-state index contributed by atoms with van der Waals surface area (Å²) >= 11 is 0. The Morgan fingerprint density at radius 2 is 2.31 bits per heavy atom. The number of hydrogen-bond acceptors (Lipinski definition) is 5. The summed E-state index contributed by atoms with van der Waals surface area (Å²) < 4.78 is 4.65. The van der Waals surface area contributed by atoms with Gasteiger partial charge in [-0.2, -0.15) is 0 Å². The maximum atomic E-state index is 11.2. The Morgan fingerprint density at radius 1 is 1.69 bits per heavy atom. The highest BCUT2D eigenvalue weighted by molar-refractivity contribution is 6.02. The maximum Gasteiger partial charge on any atom is 0.337 e. The number of hydrogen-bond donors (Lipinski definition) is 2. The number of nitrogens with two attached hydrogens (primary N) is 1. The predicted molar refractivity (Wildman–Crippen MR) is 43.5 cm³/mol. The molecule has 1 aliphatic heterocycles. The molecule has 1 fully saturated rings. The normalized spacial score (nSPS) is 27.1. The number of Topliss-reactive ketones (excluding diaryl/α,β-unsaturated/α-hetero) is 1. The topological polar surface area (TPSA) is 89.6 Å². The Kier molecular flexibility index (Phi) is 2.67. The lowest BCUT2D eigenvalue weighted by molar-refractivity contribution is -0.158. The van der Waals surface area contributed by atoms with Crippen LogP contribution in [0.3, 0.4) is 0 Å². The lowest BCUT2D eigenvalue weighted by Gasteiger charge is -2.21. The minimum absolute atomic E-state index is 0.0492. The summed E-state index contributed by atoms with van der Waals surface area (Å²) in [5.74, 6) is -0.930. The summed E-state index contributed by atoms with van der Waals surface area (Å²) in [4.78, 5) is 22.3. The number of aliphatic hydroxyl groups excluding tert-OH is 1. The van der Waals surface area contributed by atoms with Gasteiger partial charge in [0.05, 0.1) is 12.2 Å². The molecule has 5 heteroatoms. The maximum absolute atomic E-state index is 11.2. The Hall–Kier alpha value is -1.36. The third kappa shape index (κ3) is 1.86. The van der Waals surface area contributed by atoms with Crippen LogP contribution >= 0.6 is 0 Å². The van der Waals surface area contributed by atoms with Crippen LogP contribution in [-0.4, -0.2) is 29.6 Å². The van der Waals surface area contributed by atoms with Crippen molar-refractivity contribution in [2.24, 2.45) is 5.73 Å². The molecule has 1 rings (SSSR count). The van der Waals surface area contributed by atoms with Crippen LogP contribution in [0.1, 0.15) is 13.3 Å². The molecule has 0 radical (unpaired) electrons. The van der Waals surface area contributed by atoms with Gasteiger partial charge in [0.2, 0.25) is 0 Å². The van der Waals surface area contributed by atoms with E-state index in [-0.39, 0.29) is 23.5 Å². The van der Waals surface area contributed by atoms with E-state index in [1.807, 2.05) is 0 Å². The van der Waals surface area contributed by atoms with Crippen LogP contribution in [0.15, 0.2) is 11.3 Å². The molecule has 1 heterocycles. The van der Waals surface area contributed by atoms with Gasteiger partial charge < -0.3 is 15.6 Å². The SMILES string of the molecule is C/C(N)=C1\CC(=O)C(CO)OC1=O. The third-order valence-electron chi connectivity index (χ3n) is 1.85. The number of carbonyl (C=O) groups excluding carboxylic acids is 2. The van der Waals surface area contributed by atoms with Gasteiger partial charge in [-0.3, -0.25) is 4.79 Å². The molecule has 0 spiro atoms. The van der Waals surface area contributed by atoms with E-state index >= 15 is 0 Å². The largest absolute Gasteiger partial charge is 0.448 e. The highest BCUT2D eigenvalue weighted by Crippen LogP contribution is 2.17. The van der Waals surface area contributed by atoms with E-state index in [0.29, 0.717) is 0 Å². The first-order valence-electron chi connectivity index (χ1n) is 3.86. The average molecular weight is 185 g/mol. The second kappa shape index (κ2) is 3.57. The molecule has 1 unspecified atom stereocenters. The molecular weight excluding hydrogens is 174 g/mol. The molecule has 0 aromatic heterocycles. The minimum atomic E-state index is -1.02. The van der Waals surface area contributed by atoms with Gasteiger partial charge >= 0.3 is 5.97 Å². The van der Waals surface area contributed by atoms with Crippen molar-refractivity contribution < 1.29 is 19.4 Å². The van der Waals surface area contributed by atoms with E-state index in [1.54, 1.807) is 0 Å². The van der Waals surface area contributed by atoms with Gasteiger partial charge in [0.15, 0.2) is 11.9 Å². The van der Waals surface area contributed by atoms with E-state index < -0.39 is 18.7 Å². The van der Waals surface area contributed by atoms with Gasteiger partial charge in [-0.25, -0.2) is 4.79 Å². The van der Waals surface area contributed by atoms with E-state index in [1.165, 1.54) is 6.92 Å². The molecular formula is C8H11NO4. The van der Waals surface area contributed by atoms with Crippen molar-refractivity contribution in [1.29, 1.82) is 0 Å². The first kappa shape index (κ1) is 9.73. The summed E-state index contributed by atoms with van der Waals surface area (Å²) in [6.07, 6.45) is -1.07. The van der Waals surface area contributed by atoms with E-state index in [0.717, 1.165) is 0 Å². The van der Waals surface area contributed by atoms with Crippen LogP contribution in [0.25, 0.3) is 0 Å². The fourth-order valence-electron chi connectivity index (χ4n) is 1.07. The summed E-state index contributed by atoms with van der Waals surface area (Å²) in [5.41, 5.74) is 5.85. The van der Waals surface area contributed by atoms with E-state index in [4.69, 9.17) is 10.8 Å². The Labute approximate surface area is 75.2 Å². The number of carbonyl (C=O) groups is 2. The number of ether oxygens (including phenoxy) is 1. The minimum Gasteiger partial charge on any atom is -0.448 e. The molecule has 5 nitrogen and oxygen atoms in total. The quantitative estimate of drug-likeness (QED) is 0.408. The number of rotatable bonds is 1. The number of cyclic esters (lactones) is 1. The zero-order valence-electron chi connectivity index (χ0n) is 7.24. The fourth-order valence-corrected chi connectivity index (χ4v) is 1.07. The van der Waals surface area contributed by atoms with Crippen LogP contribution in [0.2, 0.25) is 0 Å². The molecule has 0 amide bonds. The van der Waals surface area contributed by atoms with E-state index in [2.05, 4.69) is 4.74 Å². The highest BCUT2D eigenvalue weighted by Gasteiger charge is 2.32. The monoisotopic (exact) mass is 185 g/mol. The lowest BCUT2D eigenvalue weighted by atomic mass is 10.0.